The lowest BCUT2D eigenvalue weighted by Crippen LogP contribution is -2.27. The van der Waals surface area contributed by atoms with Crippen LogP contribution in [0.3, 0.4) is 0 Å². The van der Waals surface area contributed by atoms with Gasteiger partial charge in [-0.25, -0.2) is 4.68 Å². The highest BCUT2D eigenvalue weighted by atomic mass is 35.5. The van der Waals surface area contributed by atoms with Crippen molar-refractivity contribution in [2.45, 2.75) is 0 Å². The van der Waals surface area contributed by atoms with Gasteiger partial charge >= 0.3 is 0 Å². The minimum atomic E-state index is -0.496. The van der Waals surface area contributed by atoms with Crippen LogP contribution in [0, 0.1) is 0 Å². The van der Waals surface area contributed by atoms with Gasteiger partial charge in [0.15, 0.2) is 0 Å². The molecule has 9 heteroatoms. The van der Waals surface area contributed by atoms with Crippen molar-refractivity contribution in [2.24, 2.45) is 14.1 Å². The molecule has 0 aromatic carbocycles. The third-order valence-electron chi connectivity index (χ3n) is 2.34. The number of amides is 1. The smallest absolute Gasteiger partial charge is 0.274 e. The Morgan fingerprint density at radius 3 is 2.72 bits per heavy atom. The molecule has 2 aromatic rings. The Hall–Kier alpha value is -2.22. The van der Waals surface area contributed by atoms with Crippen LogP contribution in [0.4, 0.5) is 5.95 Å². The normalized spacial score (nSPS) is 10.4. The molecular weight excluding hydrogens is 260 g/mol. The Morgan fingerprint density at radius 2 is 2.11 bits per heavy atom. The van der Waals surface area contributed by atoms with Gasteiger partial charge in [-0.3, -0.25) is 14.9 Å². The summed E-state index contributed by atoms with van der Waals surface area (Å²) >= 11 is 5.66. The van der Waals surface area contributed by atoms with E-state index in [-0.39, 0.29) is 16.7 Å². The molecule has 0 atom stereocenters. The second-order valence-corrected chi connectivity index (χ2v) is 3.92. The van der Waals surface area contributed by atoms with Crippen LogP contribution >= 0.6 is 11.6 Å². The van der Waals surface area contributed by atoms with Crippen molar-refractivity contribution in [3.8, 4) is 0 Å². The molecule has 1 amide bonds. The van der Waals surface area contributed by atoms with Crippen LogP contribution in [0.1, 0.15) is 10.5 Å². The number of carbonyl (C=O) groups is 1. The third-order valence-corrected chi connectivity index (χ3v) is 2.62. The van der Waals surface area contributed by atoms with E-state index in [0.717, 1.165) is 4.57 Å². The molecule has 2 rings (SSSR count). The number of hydrogen-bond acceptors (Lipinski definition) is 5. The number of pyridine rings is 1. The molecule has 0 saturated carbocycles. The standard InChI is InChI=1S/C9H9ClN6O2/c1-15-6(4-3-5(10)8(15)18)7(17)11-9-12-13-14-16(9)2/h3-4H,1-2H3,(H,11,12,14,17). The van der Waals surface area contributed by atoms with E-state index in [4.69, 9.17) is 11.6 Å². The van der Waals surface area contributed by atoms with Gasteiger partial charge in [0.1, 0.15) is 10.7 Å². The molecule has 0 unspecified atom stereocenters. The number of aromatic nitrogens is 5. The van der Waals surface area contributed by atoms with Gasteiger partial charge in [0, 0.05) is 14.1 Å². The van der Waals surface area contributed by atoms with Crippen LogP contribution in [0.15, 0.2) is 16.9 Å². The molecule has 0 saturated heterocycles. The summed E-state index contributed by atoms with van der Waals surface area (Å²) in [4.78, 5) is 23.5. The summed E-state index contributed by atoms with van der Waals surface area (Å²) < 4.78 is 2.45. The fourth-order valence-electron chi connectivity index (χ4n) is 1.33. The van der Waals surface area contributed by atoms with Crippen LogP contribution < -0.4 is 10.9 Å². The molecular formula is C9H9ClN6O2. The summed E-state index contributed by atoms with van der Waals surface area (Å²) in [7, 11) is 3.04. The van der Waals surface area contributed by atoms with Crippen LogP contribution in [0.5, 0.6) is 0 Å². The van der Waals surface area contributed by atoms with Gasteiger partial charge in [0.05, 0.1) is 0 Å². The maximum atomic E-state index is 11.9. The average molecular weight is 269 g/mol. The van der Waals surface area contributed by atoms with Crippen molar-refractivity contribution in [1.82, 2.24) is 24.8 Å². The number of carbonyl (C=O) groups excluding carboxylic acids is 1. The lowest BCUT2D eigenvalue weighted by atomic mass is 10.3. The average Bonchev–Trinajstić information content (AvgIpc) is 2.72. The lowest BCUT2D eigenvalue weighted by Gasteiger charge is -2.07. The zero-order valence-corrected chi connectivity index (χ0v) is 10.3. The molecule has 8 nitrogen and oxygen atoms in total. The second-order valence-electron chi connectivity index (χ2n) is 3.51. The fraction of sp³-hybridized carbons (Fsp3) is 0.222. The molecule has 2 heterocycles. The lowest BCUT2D eigenvalue weighted by molar-refractivity contribution is 0.101. The first-order chi connectivity index (χ1) is 8.50. The van der Waals surface area contributed by atoms with Crippen LogP contribution in [-0.2, 0) is 14.1 Å². The maximum absolute atomic E-state index is 11.9. The van der Waals surface area contributed by atoms with E-state index in [2.05, 4.69) is 20.8 Å². The molecule has 0 radical (unpaired) electrons. The van der Waals surface area contributed by atoms with Gasteiger partial charge in [0.25, 0.3) is 11.5 Å². The number of hydrogen-bond donors (Lipinski definition) is 1. The van der Waals surface area contributed by atoms with Gasteiger partial charge in [0.2, 0.25) is 5.95 Å². The van der Waals surface area contributed by atoms with Crippen molar-refractivity contribution >= 4 is 23.5 Å². The molecule has 94 valence electrons. The summed E-state index contributed by atoms with van der Waals surface area (Å²) in [6, 6.07) is 2.82. The van der Waals surface area contributed by atoms with Gasteiger partial charge in [-0.15, -0.1) is 0 Å². The molecule has 0 aliphatic rings. The number of tetrazole rings is 1. The van der Waals surface area contributed by atoms with Gasteiger partial charge < -0.3 is 4.57 Å². The SMILES string of the molecule is Cn1nnnc1NC(=O)c1ccc(Cl)c(=O)n1C. The van der Waals surface area contributed by atoms with E-state index < -0.39 is 11.5 Å². The van der Waals surface area contributed by atoms with E-state index in [9.17, 15) is 9.59 Å². The third kappa shape index (κ3) is 2.09. The second kappa shape index (κ2) is 4.57. The highest BCUT2D eigenvalue weighted by Crippen LogP contribution is 2.06. The van der Waals surface area contributed by atoms with Gasteiger partial charge in [-0.05, 0) is 22.6 Å². The molecule has 18 heavy (non-hydrogen) atoms. The maximum Gasteiger partial charge on any atom is 0.274 e. The van der Waals surface area contributed by atoms with E-state index >= 15 is 0 Å². The summed E-state index contributed by atoms with van der Waals surface area (Å²) in [5.41, 5.74) is -0.284. The Balaban J connectivity index is 2.33. The Kier molecular flexibility index (Phi) is 3.11. The van der Waals surface area contributed by atoms with Crippen LogP contribution in [0.2, 0.25) is 5.02 Å². The summed E-state index contributed by atoms with van der Waals surface area (Å²) in [6.07, 6.45) is 0. The molecule has 0 aliphatic heterocycles. The van der Waals surface area contributed by atoms with E-state index in [1.54, 1.807) is 7.05 Å². The molecule has 0 aliphatic carbocycles. The first-order valence-corrected chi connectivity index (χ1v) is 5.27. The van der Waals surface area contributed by atoms with E-state index in [1.807, 2.05) is 0 Å². The zero-order chi connectivity index (χ0) is 13.3. The zero-order valence-electron chi connectivity index (χ0n) is 9.59. The van der Waals surface area contributed by atoms with Crippen molar-refractivity contribution in [3.63, 3.8) is 0 Å². The number of nitrogens with zero attached hydrogens (tertiary/aromatic N) is 5. The molecule has 0 fully saturated rings. The predicted octanol–water partition coefficient (Wildman–Crippen LogP) is -0.186. The van der Waals surface area contributed by atoms with E-state index in [1.165, 1.54) is 23.9 Å². The highest BCUT2D eigenvalue weighted by Gasteiger charge is 2.14. The monoisotopic (exact) mass is 268 g/mol. The number of aryl methyl sites for hydroxylation is 1. The van der Waals surface area contributed by atoms with Crippen molar-refractivity contribution < 1.29 is 4.79 Å². The van der Waals surface area contributed by atoms with Crippen molar-refractivity contribution in [2.75, 3.05) is 5.32 Å². The van der Waals surface area contributed by atoms with Gasteiger partial charge in [-0.1, -0.05) is 16.7 Å². The quantitative estimate of drug-likeness (QED) is 0.815. The number of rotatable bonds is 2. The number of anilines is 1. The first kappa shape index (κ1) is 12.2. The minimum Gasteiger partial charge on any atom is -0.306 e. The first-order valence-electron chi connectivity index (χ1n) is 4.90. The van der Waals surface area contributed by atoms with Crippen molar-refractivity contribution in [1.29, 1.82) is 0 Å². The summed E-state index contributed by atoms with van der Waals surface area (Å²) in [6.45, 7) is 0. The Morgan fingerprint density at radius 1 is 1.39 bits per heavy atom. The van der Waals surface area contributed by atoms with Gasteiger partial charge in [-0.2, -0.15) is 0 Å². The minimum absolute atomic E-state index is 0.0503. The Bertz CT molecular complexity index is 661. The molecule has 0 spiro atoms. The van der Waals surface area contributed by atoms with Crippen LogP contribution in [0.25, 0.3) is 0 Å². The molecule has 0 bridgehead atoms. The van der Waals surface area contributed by atoms with Crippen molar-refractivity contribution in [3.05, 3.63) is 33.2 Å². The fourth-order valence-corrected chi connectivity index (χ4v) is 1.52. The summed E-state index contributed by atoms with van der Waals surface area (Å²) in [5.74, 6) is -0.313. The molecule has 2 aromatic heterocycles. The van der Waals surface area contributed by atoms with Crippen LogP contribution in [-0.4, -0.2) is 30.7 Å². The number of halogens is 1. The summed E-state index contributed by atoms with van der Waals surface area (Å²) in [5, 5.41) is 13.1. The largest absolute Gasteiger partial charge is 0.306 e. The van der Waals surface area contributed by atoms with E-state index in [0.29, 0.717) is 0 Å². The topological polar surface area (TPSA) is 94.7 Å². The predicted molar refractivity (Wildman–Crippen MR) is 63.4 cm³/mol. The highest BCUT2D eigenvalue weighted by molar-refractivity contribution is 6.30. The Labute approximate surface area is 106 Å². The number of nitrogens with one attached hydrogen (secondary N) is 1. The molecule has 1 N–H and O–H groups in total.